The van der Waals surface area contributed by atoms with E-state index in [4.69, 9.17) is 0 Å². The first-order valence-electron chi connectivity index (χ1n) is 2.02. The van der Waals surface area contributed by atoms with Gasteiger partial charge < -0.3 is 4.98 Å². The summed E-state index contributed by atoms with van der Waals surface area (Å²) in [5.74, 6) is 0. The minimum absolute atomic E-state index is 0. The molecule has 1 aromatic heterocycles. The summed E-state index contributed by atoms with van der Waals surface area (Å²) in [6.45, 7) is 0. The third kappa shape index (κ3) is 0.682. The molecule has 2 nitrogen and oxygen atoms in total. The van der Waals surface area contributed by atoms with Crippen LogP contribution in [0.25, 0.3) is 0 Å². The maximum absolute atomic E-state index is 9.84. The van der Waals surface area contributed by atoms with E-state index in [1.54, 1.807) is 18.3 Å². The van der Waals surface area contributed by atoms with E-state index in [0.29, 0.717) is 5.69 Å². The van der Waals surface area contributed by atoms with Crippen LogP contribution in [0.5, 0.6) is 0 Å². The molecular formula is C5H7NO. The third-order valence-corrected chi connectivity index (χ3v) is 0.749. The Labute approximate surface area is 42.7 Å². The fourth-order valence-electron chi connectivity index (χ4n) is 0.418. The second kappa shape index (κ2) is 1.60. The summed E-state index contributed by atoms with van der Waals surface area (Å²) < 4.78 is 0. The van der Waals surface area contributed by atoms with Crippen LogP contribution in [0, 0.1) is 0 Å². The van der Waals surface area contributed by atoms with Crippen molar-refractivity contribution in [3.8, 4) is 0 Å². The Morgan fingerprint density at radius 1 is 1.86 bits per heavy atom. The highest BCUT2D eigenvalue weighted by Crippen LogP contribution is 1.85. The highest BCUT2D eigenvalue weighted by Gasteiger charge is 1.81. The van der Waals surface area contributed by atoms with Gasteiger partial charge in [-0.3, -0.25) is 4.79 Å². The summed E-state index contributed by atoms with van der Waals surface area (Å²) in [5, 5.41) is 0. The topological polar surface area (TPSA) is 32.9 Å². The Hall–Kier alpha value is -1.05. The number of H-pyrrole nitrogens is 1. The van der Waals surface area contributed by atoms with Crippen molar-refractivity contribution >= 4 is 6.29 Å². The van der Waals surface area contributed by atoms with E-state index in [1.807, 2.05) is 0 Å². The summed E-state index contributed by atoms with van der Waals surface area (Å²) in [5.41, 5.74) is 0.625. The maximum Gasteiger partial charge on any atom is 0.166 e. The summed E-state index contributed by atoms with van der Waals surface area (Å²) >= 11 is 0. The molecule has 0 aliphatic heterocycles. The Balaban J connectivity index is 0.000000490. The molecule has 0 bridgehead atoms. The molecule has 0 aromatic carbocycles. The van der Waals surface area contributed by atoms with Crippen LogP contribution in [0.1, 0.15) is 11.9 Å². The Bertz CT molecular complexity index is 147. The highest BCUT2D eigenvalue weighted by atomic mass is 16.1. The van der Waals surface area contributed by atoms with Crippen molar-refractivity contribution in [2.45, 2.75) is 0 Å². The summed E-state index contributed by atoms with van der Waals surface area (Å²) in [7, 11) is 0. The van der Waals surface area contributed by atoms with Gasteiger partial charge in [0.05, 0.1) is 5.69 Å². The van der Waals surface area contributed by atoms with Gasteiger partial charge in [-0.05, 0) is 12.1 Å². The molecule has 1 N–H and O–H groups in total. The van der Waals surface area contributed by atoms with Gasteiger partial charge in [-0.1, -0.05) is 0 Å². The molecule has 2 heteroatoms. The minimum atomic E-state index is 0. The molecule has 0 fully saturated rings. The van der Waals surface area contributed by atoms with Crippen LogP contribution < -0.4 is 0 Å². The smallest absolute Gasteiger partial charge is 0.166 e. The number of carbonyl (C=O) groups is 1. The van der Waals surface area contributed by atoms with Gasteiger partial charge >= 0.3 is 0 Å². The number of nitrogens with one attached hydrogen (secondary N) is 1. The molecule has 0 unspecified atom stereocenters. The van der Waals surface area contributed by atoms with Gasteiger partial charge in [0.15, 0.2) is 6.29 Å². The monoisotopic (exact) mass is 97.1 g/mol. The van der Waals surface area contributed by atoms with Gasteiger partial charge in [0.25, 0.3) is 0 Å². The lowest BCUT2D eigenvalue weighted by Gasteiger charge is -1.70. The molecule has 0 saturated heterocycles. The zero-order chi connectivity index (χ0) is 5.11. The first-order chi connectivity index (χ1) is 3.43. The number of hydrogen-bond donors (Lipinski definition) is 1. The van der Waals surface area contributed by atoms with Crippen LogP contribution in [0.15, 0.2) is 18.3 Å². The van der Waals surface area contributed by atoms with Gasteiger partial charge in [0.2, 0.25) is 0 Å². The van der Waals surface area contributed by atoms with E-state index >= 15 is 0 Å². The number of carbonyl (C=O) groups excluding carboxylic acids is 1. The molecule has 0 aliphatic carbocycles. The number of aromatic amines is 1. The van der Waals surface area contributed by atoms with Crippen LogP contribution in [-0.2, 0) is 0 Å². The fraction of sp³-hybridized carbons (Fsp3) is 0. The Morgan fingerprint density at radius 3 is 3.00 bits per heavy atom. The van der Waals surface area contributed by atoms with Crippen molar-refractivity contribution in [3.05, 3.63) is 24.0 Å². The van der Waals surface area contributed by atoms with E-state index in [0.717, 1.165) is 6.29 Å². The lowest BCUT2D eigenvalue weighted by atomic mass is 10.5. The van der Waals surface area contributed by atoms with Gasteiger partial charge in [0.1, 0.15) is 0 Å². The largest absolute Gasteiger partial charge is 0.359 e. The average molecular weight is 97.1 g/mol. The summed E-state index contributed by atoms with van der Waals surface area (Å²) in [6, 6.07) is 3.50. The van der Waals surface area contributed by atoms with Crippen LogP contribution in [-0.4, -0.2) is 11.3 Å². The second-order valence-electron chi connectivity index (χ2n) is 1.24. The van der Waals surface area contributed by atoms with Crippen molar-refractivity contribution in [2.24, 2.45) is 0 Å². The predicted molar refractivity (Wildman–Crippen MR) is 28.3 cm³/mol. The number of aromatic nitrogens is 1. The molecule has 1 heterocycles. The van der Waals surface area contributed by atoms with Crippen molar-refractivity contribution < 1.29 is 6.22 Å². The van der Waals surface area contributed by atoms with Crippen LogP contribution in [0.4, 0.5) is 0 Å². The van der Waals surface area contributed by atoms with E-state index in [2.05, 4.69) is 4.98 Å². The standard InChI is InChI=1S/C5H5NO.H2/c7-4-5-2-1-3-6-5;/h1-4,6H;1H. The quantitative estimate of drug-likeness (QED) is 0.522. The van der Waals surface area contributed by atoms with Gasteiger partial charge in [-0.15, -0.1) is 0 Å². The highest BCUT2D eigenvalue weighted by molar-refractivity contribution is 5.71. The molecule has 1 rings (SSSR count). The van der Waals surface area contributed by atoms with E-state index in [-0.39, 0.29) is 1.43 Å². The predicted octanol–water partition coefficient (Wildman–Crippen LogP) is 1.07. The SMILES string of the molecule is O=Cc1ccc[nH]1.[HH]. The lowest BCUT2D eigenvalue weighted by molar-refractivity contribution is 0.111. The fourth-order valence-corrected chi connectivity index (χ4v) is 0.418. The molecule has 0 spiro atoms. The summed E-state index contributed by atoms with van der Waals surface area (Å²) in [6.07, 6.45) is 2.49. The van der Waals surface area contributed by atoms with Crippen molar-refractivity contribution in [1.82, 2.24) is 4.98 Å². The summed E-state index contributed by atoms with van der Waals surface area (Å²) in [4.78, 5) is 12.6. The molecule has 0 atom stereocenters. The zero-order valence-electron chi connectivity index (χ0n) is 3.72. The Kier molecular flexibility index (Phi) is 0.941. The van der Waals surface area contributed by atoms with E-state index in [1.165, 1.54) is 0 Å². The van der Waals surface area contributed by atoms with Gasteiger partial charge in [0, 0.05) is 7.62 Å². The Morgan fingerprint density at radius 2 is 2.71 bits per heavy atom. The zero-order valence-corrected chi connectivity index (χ0v) is 3.72. The third-order valence-electron chi connectivity index (χ3n) is 0.749. The van der Waals surface area contributed by atoms with Crippen molar-refractivity contribution in [1.29, 1.82) is 0 Å². The van der Waals surface area contributed by atoms with E-state index < -0.39 is 0 Å². The molecule has 0 saturated carbocycles. The van der Waals surface area contributed by atoms with Crippen molar-refractivity contribution in [3.63, 3.8) is 0 Å². The first kappa shape index (κ1) is 4.12. The van der Waals surface area contributed by atoms with Crippen LogP contribution in [0.2, 0.25) is 0 Å². The van der Waals surface area contributed by atoms with E-state index in [9.17, 15) is 4.79 Å². The molecule has 0 aliphatic rings. The van der Waals surface area contributed by atoms with Gasteiger partial charge in [-0.2, -0.15) is 0 Å². The molecule has 0 amide bonds. The maximum atomic E-state index is 9.84. The number of rotatable bonds is 1. The normalized spacial score (nSPS) is 8.57. The molecule has 7 heavy (non-hydrogen) atoms. The lowest BCUT2D eigenvalue weighted by Crippen LogP contribution is -1.72. The van der Waals surface area contributed by atoms with Crippen molar-refractivity contribution in [2.75, 3.05) is 0 Å². The molecule has 38 valence electrons. The number of hydrogen-bond acceptors (Lipinski definition) is 1. The minimum Gasteiger partial charge on any atom is -0.359 e. The average Bonchev–Trinajstić information content (AvgIpc) is 2.14. The molecular weight excluding hydrogens is 90.1 g/mol. The van der Waals surface area contributed by atoms with Gasteiger partial charge in [-0.25, -0.2) is 0 Å². The second-order valence-corrected chi connectivity index (χ2v) is 1.24. The molecule has 0 radical (unpaired) electrons. The molecule has 1 aromatic rings. The van der Waals surface area contributed by atoms with Crippen LogP contribution in [0.3, 0.4) is 0 Å². The van der Waals surface area contributed by atoms with Crippen LogP contribution >= 0.6 is 0 Å². The first-order valence-corrected chi connectivity index (χ1v) is 2.02. The number of aldehydes is 1.